The molecule has 5 heteroatoms. The van der Waals surface area contributed by atoms with Gasteiger partial charge in [-0.05, 0) is 12.1 Å². The van der Waals surface area contributed by atoms with Gasteiger partial charge in [0.2, 0.25) is 11.7 Å². The molecule has 84 valence electrons. The van der Waals surface area contributed by atoms with Crippen molar-refractivity contribution in [3.63, 3.8) is 0 Å². The van der Waals surface area contributed by atoms with Crippen LogP contribution in [0.4, 0.5) is 0 Å². The maximum absolute atomic E-state index is 4.95. The summed E-state index contributed by atoms with van der Waals surface area (Å²) in [5, 5.41) is 8.11. The Morgan fingerprint density at radius 1 is 1.41 bits per heavy atom. The van der Waals surface area contributed by atoms with Crippen molar-refractivity contribution < 1.29 is 4.52 Å². The van der Waals surface area contributed by atoms with Gasteiger partial charge in [-0.3, -0.25) is 0 Å². The summed E-state index contributed by atoms with van der Waals surface area (Å²) in [7, 11) is 0. The molecule has 0 radical (unpaired) electrons. The fourth-order valence-corrected chi connectivity index (χ4v) is 1.71. The largest absolute Gasteiger partial charge is 0.339 e. The number of hydrogen-bond donors (Lipinski definition) is 0. The van der Waals surface area contributed by atoms with Gasteiger partial charge in [-0.2, -0.15) is 10.1 Å². The molecule has 0 saturated carbocycles. The predicted molar refractivity (Wildman–Crippen MR) is 63.3 cm³/mol. The van der Waals surface area contributed by atoms with E-state index in [1.807, 2.05) is 18.3 Å². The summed E-state index contributed by atoms with van der Waals surface area (Å²) in [4.78, 5) is 4.18. The zero-order chi connectivity index (χ0) is 11.8. The molecule has 3 heterocycles. The van der Waals surface area contributed by atoms with Gasteiger partial charge in [0.05, 0.1) is 11.7 Å². The first-order chi connectivity index (χ1) is 8.28. The van der Waals surface area contributed by atoms with E-state index in [4.69, 9.17) is 4.52 Å². The van der Waals surface area contributed by atoms with Gasteiger partial charge in [-0.25, -0.2) is 4.52 Å². The third-order valence-electron chi connectivity index (χ3n) is 2.55. The number of pyridine rings is 1. The second-order valence-corrected chi connectivity index (χ2v) is 3.69. The van der Waals surface area contributed by atoms with Crippen molar-refractivity contribution in [2.24, 2.45) is 0 Å². The Hall–Kier alpha value is -2.43. The van der Waals surface area contributed by atoms with Crippen LogP contribution < -0.4 is 0 Å². The molecule has 0 atom stereocenters. The molecule has 0 aliphatic rings. The lowest BCUT2D eigenvalue weighted by Crippen LogP contribution is -1.89. The molecule has 0 aromatic carbocycles. The summed E-state index contributed by atoms with van der Waals surface area (Å²) in [6, 6.07) is 3.90. The average molecular weight is 226 g/mol. The minimum atomic E-state index is 0.548. The number of nitrogens with zero attached hydrogens (tertiary/aromatic N) is 4. The minimum absolute atomic E-state index is 0.548. The molecular formula is C12H10N4O. The molecule has 0 unspecified atom stereocenters. The summed E-state index contributed by atoms with van der Waals surface area (Å²) in [6.07, 6.45) is 5.42. The Labute approximate surface area is 97.4 Å². The highest BCUT2D eigenvalue weighted by Crippen LogP contribution is 2.19. The molecule has 0 aliphatic carbocycles. The third-order valence-corrected chi connectivity index (χ3v) is 2.55. The van der Waals surface area contributed by atoms with Crippen molar-refractivity contribution in [1.29, 1.82) is 0 Å². The lowest BCUT2D eigenvalue weighted by molar-refractivity contribution is 0.394. The first-order valence-electron chi connectivity index (χ1n) is 5.18. The number of fused-ring (bicyclic) bond motifs is 1. The molecule has 0 amide bonds. The van der Waals surface area contributed by atoms with Crippen LogP contribution in [0.15, 0.2) is 35.6 Å². The van der Waals surface area contributed by atoms with E-state index >= 15 is 0 Å². The van der Waals surface area contributed by atoms with Crippen molar-refractivity contribution in [3.8, 4) is 11.4 Å². The first kappa shape index (κ1) is 9.77. The summed E-state index contributed by atoms with van der Waals surface area (Å²) in [5.41, 5.74) is 2.87. The molecule has 0 aliphatic heterocycles. The summed E-state index contributed by atoms with van der Waals surface area (Å²) < 4.78 is 6.73. The molecule has 5 nitrogen and oxygen atoms in total. The number of aromatic nitrogens is 4. The van der Waals surface area contributed by atoms with Crippen LogP contribution in [0.1, 0.15) is 11.5 Å². The zero-order valence-corrected chi connectivity index (χ0v) is 9.29. The molecule has 0 spiro atoms. The van der Waals surface area contributed by atoms with Crippen LogP contribution in [0.25, 0.3) is 23.0 Å². The Bertz CT molecular complexity index is 695. The fourth-order valence-electron chi connectivity index (χ4n) is 1.71. The van der Waals surface area contributed by atoms with Gasteiger partial charge < -0.3 is 4.52 Å². The molecule has 0 fully saturated rings. The Kier molecular flexibility index (Phi) is 2.04. The van der Waals surface area contributed by atoms with Gasteiger partial charge >= 0.3 is 0 Å². The van der Waals surface area contributed by atoms with E-state index in [1.54, 1.807) is 23.7 Å². The van der Waals surface area contributed by atoms with Gasteiger partial charge in [0.15, 0.2) is 0 Å². The molecule has 0 bridgehead atoms. The molecule has 17 heavy (non-hydrogen) atoms. The molecule has 3 rings (SSSR count). The molecule has 3 aromatic rings. The van der Waals surface area contributed by atoms with Gasteiger partial charge in [0.25, 0.3) is 0 Å². The van der Waals surface area contributed by atoms with Gasteiger partial charge in [0.1, 0.15) is 0 Å². The monoisotopic (exact) mass is 226 g/mol. The van der Waals surface area contributed by atoms with Crippen LogP contribution in [0.2, 0.25) is 0 Å². The van der Waals surface area contributed by atoms with Crippen LogP contribution >= 0.6 is 0 Å². The zero-order valence-electron chi connectivity index (χ0n) is 9.29. The number of hydrogen-bond acceptors (Lipinski definition) is 4. The second kappa shape index (κ2) is 3.55. The van der Waals surface area contributed by atoms with Crippen LogP contribution in [-0.2, 0) is 0 Å². The van der Waals surface area contributed by atoms with Crippen molar-refractivity contribution in [3.05, 3.63) is 42.6 Å². The summed E-state index contributed by atoms with van der Waals surface area (Å²) in [6.45, 7) is 5.51. The maximum atomic E-state index is 4.95. The van der Waals surface area contributed by atoms with E-state index in [2.05, 4.69) is 21.8 Å². The van der Waals surface area contributed by atoms with Crippen molar-refractivity contribution >= 4 is 11.6 Å². The predicted octanol–water partition coefficient (Wildman–Crippen LogP) is 2.34. The van der Waals surface area contributed by atoms with E-state index in [9.17, 15) is 0 Å². The maximum Gasteiger partial charge on any atom is 0.223 e. The van der Waals surface area contributed by atoms with Crippen molar-refractivity contribution in [2.45, 2.75) is 6.92 Å². The molecule has 0 saturated heterocycles. The topological polar surface area (TPSA) is 56.2 Å². The van der Waals surface area contributed by atoms with Crippen LogP contribution in [0.5, 0.6) is 0 Å². The number of rotatable bonds is 2. The summed E-state index contributed by atoms with van der Waals surface area (Å²) in [5.74, 6) is 1.12. The van der Waals surface area contributed by atoms with E-state index < -0.39 is 0 Å². The van der Waals surface area contributed by atoms with Gasteiger partial charge in [-0.1, -0.05) is 17.8 Å². The standard InChI is InChI=1S/C12H10N4O/c1-3-9-6-13-16-7-10(4-5-11(9)16)12-14-8(2)17-15-12/h3-7H,1H2,2H3. The van der Waals surface area contributed by atoms with Crippen molar-refractivity contribution in [1.82, 2.24) is 19.8 Å². The highest BCUT2D eigenvalue weighted by atomic mass is 16.5. The highest BCUT2D eigenvalue weighted by molar-refractivity contribution is 5.70. The normalized spacial score (nSPS) is 10.9. The van der Waals surface area contributed by atoms with Crippen molar-refractivity contribution in [2.75, 3.05) is 0 Å². The Morgan fingerprint density at radius 2 is 2.29 bits per heavy atom. The van der Waals surface area contributed by atoms with Gasteiger partial charge in [0, 0.05) is 24.2 Å². The second-order valence-electron chi connectivity index (χ2n) is 3.69. The lowest BCUT2D eigenvalue weighted by atomic mass is 10.2. The van der Waals surface area contributed by atoms with Crippen LogP contribution in [0, 0.1) is 6.92 Å². The van der Waals surface area contributed by atoms with Crippen LogP contribution in [-0.4, -0.2) is 19.8 Å². The van der Waals surface area contributed by atoms with E-state index in [-0.39, 0.29) is 0 Å². The Balaban J connectivity index is 2.17. The SMILES string of the molecule is C=Cc1cnn2cc(-c3noc(C)n3)ccc12. The van der Waals surface area contributed by atoms with Gasteiger partial charge in [-0.15, -0.1) is 0 Å². The average Bonchev–Trinajstić information content (AvgIpc) is 2.94. The number of aryl methyl sites for hydroxylation is 1. The highest BCUT2D eigenvalue weighted by Gasteiger charge is 2.08. The smallest absolute Gasteiger partial charge is 0.223 e. The Morgan fingerprint density at radius 3 is 3.00 bits per heavy atom. The van der Waals surface area contributed by atoms with E-state index in [1.165, 1.54) is 0 Å². The van der Waals surface area contributed by atoms with Crippen LogP contribution in [0.3, 0.4) is 0 Å². The molecule has 3 aromatic heterocycles. The quantitative estimate of drug-likeness (QED) is 0.673. The molecular weight excluding hydrogens is 216 g/mol. The van der Waals surface area contributed by atoms with E-state index in [0.717, 1.165) is 16.6 Å². The minimum Gasteiger partial charge on any atom is -0.339 e. The molecule has 0 N–H and O–H groups in total. The lowest BCUT2D eigenvalue weighted by Gasteiger charge is -1.97. The fraction of sp³-hybridized carbons (Fsp3) is 0.0833. The first-order valence-corrected chi connectivity index (χ1v) is 5.18. The van der Waals surface area contributed by atoms with E-state index in [0.29, 0.717) is 11.7 Å². The third kappa shape index (κ3) is 1.52. The summed E-state index contributed by atoms with van der Waals surface area (Å²) >= 11 is 0.